The molecular weight excluding hydrogens is 246 g/mol. The number of methoxy groups -OCH3 is 1. The van der Waals surface area contributed by atoms with Crippen LogP contribution in [-0.4, -0.2) is 67.6 Å². The quantitative estimate of drug-likeness (QED) is 0.727. The van der Waals surface area contributed by atoms with E-state index in [1.165, 1.54) is 7.11 Å². The fraction of sp³-hybridized carbons (Fsp3) is 0.846. The summed E-state index contributed by atoms with van der Waals surface area (Å²) >= 11 is 0. The maximum atomic E-state index is 12.1. The molecule has 1 aliphatic rings. The number of piperazine rings is 1. The largest absolute Gasteiger partial charge is 0.375 e. The number of unbranched alkanes of at least 4 members (excludes halogenated alkanes) is 1. The molecule has 0 aromatic rings. The van der Waals surface area contributed by atoms with E-state index in [9.17, 15) is 9.59 Å². The van der Waals surface area contributed by atoms with Crippen LogP contribution in [0, 0.1) is 0 Å². The summed E-state index contributed by atoms with van der Waals surface area (Å²) in [5.74, 6) is -0.0165. The van der Waals surface area contributed by atoms with E-state index in [-0.39, 0.29) is 18.4 Å². The van der Waals surface area contributed by atoms with Crippen LogP contribution in [0.4, 0.5) is 0 Å². The monoisotopic (exact) mass is 271 g/mol. The first-order valence-corrected chi connectivity index (χ1v) is 6.91. The van der Waals surface area contributed by atoms with Crippen LogP contribution in [0.2, 0.25) is 0 Å². The molecule has 2 N–H and O–H groups in total. The third-order valence-corrected chi connectivity index (χ3v) is 3.40. The van der Waals surface area contributed by atoms with Crippen LogP contribution >= 0.6 is 0 Å². The number of hydrogen-bond acceptors (Lipinski definition) is 4. The first-order valence-electron chi connectivity index (χ1n) is 6.91. The normalized spacial score (nSPS) is 17.4. The maximum absolute atomic E-state index is 12.1. The van der Waals surface area contributed by atoms with Gasteiger partial charge in [-0.25, -0.2) is 0 Å². The highest BCUT2D eigenvalue weighted by atomic mass is 16.5. The van der Waals surface area contributed by atoms with Gasteiger partial charge in [-0.05, 0) is 6.42 Å². The lowest BCUT2D eigenvalue weighted by atomic mass is 10.1. The molecule has 1 aliphatic heterocycles. The van der Waals surface area contributed by atoms with Crippen molar-refractivity contribution >= 4 is 11.8 Å². The number of rotatable bonds is 6. The van der Waals surface area contributed by atoms with Crippen molar-refractivity contribution in [1.29, 1.82) is 0 Å². The molecular formula is C13H25N3O3. The van der Waals surface area contributed by atoms with Gasteiger partial charge in [-0.1, -0.05) is 19.8 Å². The van der Waals surface area contributed by atoms with Crippen molar-refractivity contribution in [2.45, 2.75) is 32.2 Å². The van der Waals surface area contributed by atoms with Gasteiger partial charge >= 0.3 is 0 Å². The van der Waals surface area contributed by atoms with E-state index in [2.05, 4.69) is 6.92 Å². The van der Waals surface area contributed by atoms with Crippen molar-refractivity contribution in [1.82, 2.24) is 9.80 Å². The van der Waals surface area contributed by atoms with Crippen LogP contribution in [0.25, 0.3) is 0 Å². The van der Waals surface area contributed by atoms with E-state index in [4.69, 9.17) is 10.5 Å². The maximum Gasteiger partial charge on any atom is 0.248 e. The predicted octanol–water partition coefficient (Wildman–Crippen LogP) is -0.179. The van der Waals surface area contributed by atoms with Crippen LogP contribution in [0.15, 0.2) is 0 Å². The van der Waals surface area contributed by atoms with Crippen LogP contribution in [-0.2, 0) is 14.3 Å². The van der Waals surface area contributed by atoms with Gasteiger partial charge in [0.15, 0.2) is 0 Å². The average Bonchev–Trinajstić information content (AvgIpc) is 2.44. The van der Waals surface area contributed by atoms with E-state index < -0.39 is 6.04 Å². The molecule has 110 valence electrons. The molecule has 0 radical (unpaired) electrons. The highest BCUT2D eigenvalue weighted by molar-refractivity contribution is 5.82. The van der Waals surface area contributed by atoms with Gasteiger partial charge in [0.2, 0.25) is 11.8 Å². The molecule has 0 aromatic heterocycles. The number of ether oxygens (including phenoxy) is 1. The summed E-state index contributed by atoms with van der Waals surface area (Å²) < 4.78 is 4.82. The molecule has 6 nitrogen and oxygen atoms in total. The Hall–Kier alpha value is -1.14. The third kappa shape index (κ3) is 4.80. The molecule has 1 unspecified atom stereocenters. The van der Waals surface area contributed by atoms with Gasteiger partial charge in [-0.15, -0.1) is 0 Å². The Morgan fingerprint density at radius 3 is 2.32 bits per heavy atom. The van der Waals surface area contributed by atoms with Crippen LogP contribution in [0.3, 0.4) is 0 Å². The second-order valence-electron chi connectivity index (χ2n) is 4.89. The summed E-state index contributed by atoms with van der Waals surface area (Å²) in [6.07, 6.45) is 2.75. The molecule has 1 heterocycles. The minimum absolute atomic E-state index is 0.00675. The van der Waals surface area contributed by atoms with Gasteiger partial charge in [0.1, 0.15) is 6.61 Å². The fourth-order valence-corrected chi connectivity index (χ4v) is 2.17. The molecule has 1 atom stereocenters. The van der Waals surface area contributed by atoms with Crippen molar-refractivity contribution in [2.75, 3.05) is 39.9 Å². The molecule has 1 rings (SSSR count). The standard InChI is InChI=1S/C13H25N3O3/c1-3-4-5-11(14)13(18)16-8-6-15(7-9-16)12(17)10-19-2/h11H,3-10,14H2,1-2H3. The molecule has 0 spiro atoms. The van der Waals surface area contributed by atoms with E-state index in [1.807, 2.05) is 0 Å². The van der Waals surface area contributed by atoms with E-state index in [0.29, 0.717) is 26.2 Å². The summed E-state index contributed by atoms with van der Waals surface area (Å²) in [4.78, 5) is 27.2. The molecule has 0 saturated carbocycles. The Morgan fingerprint density at radius 2 is 1.79 bits per heavy atom. The van der Waals surface area contributed by atoms with Crippen LogP contribution in [0.1, 0.15) is 26.2 Å². The molecule has 1 saturated heterocycles. The molecule has 0 aliphatic carbocycles. The zero-order valence-electron chi connectivity index (χ0n) is 11.9. The van der Waals surface area contributed by atoms with E-state index in [1.54, 1.807) is 9.80 Å². The van der Waals surface area contributed by atoms with Gasteiger partial charge in [0.05, 0.1) is 6.04 Å². The van der Waals surface area contributed by atoms with Crippen LogP contribution < -0.4 is 5.73 Å². The number of carbonyl (C=O) groups excluding carboxylic acids is 2. The first kappa shape index (κ1) is 15.9. The van der Waals surface area contributed by atoms with E-state index in [0.717, 1.165) is 19.3 Å². The second kappa shape index (κ2) is 8.12. The molecule has 19 heavy (non-hydrogen) atoms. The number of nitrogens with two attached hydrogens (primary N) is 1. The van der Waals surface area contributed by atoms with Crippen molar-refractivity contribution < 1.29 is 14.3 Å². The van der Waals surface area contributed by atoms with Crippen molar-refractivity contribution in [3.63, 3.8) is 0 Å². The zero-order chi connectivity index (χ0) is 14.3. The summed E-state index contributed by atoms with van der Waals surface area (Å²) in [5.41, 5.74) is 5.88. The lowest BCUT2D eigenvalue weighted by Gasteiger charge is -2.35. The summed E-state index contributed by atoms with van der Waals surface area (Å²) in [6.45, 7) is 4.44. The molecule has 0 bridgehead atoms. The SMILES string of the molecule is CCCCC(N)C(=O)N1CCN(C(=O)COC)CC1. The van der Waals surface area contributed by atoms with Crippen molar-refractivity contribution in [3.05, 3.63) is 0 Å². The molecule has 6 heteroatoms. The van der Waals surface area contributed by atoms with Gasteiger partial charge < -0.3 is 20.3 Å². The Labute approximate surface area is 114 Å². The first-order chi connectivity index (χ1) is 9.10. The Bertz CT molecular complexity index is 302. The molecule has 2 amide bonds. The topological polar surface area (TPSA) is 75.9 Å². The third-order valence-electron chi connectivity index (χ3n) is 3.40. The lowest BCUT2D eigenvalue weighted by Crippen LogP contribution is -2.54. The zero-order valence-corrected chi connectivity index (χ0v) is 11.9. The minimum atomic E-state index is -0.402. The Balaban J connectivity index is 2.36. The highest BCUT2D eigenvalue weighted by Gasteiger charge is 2.26. The lowest BCUT2D eigenvalue weighted by molar-refractivity contribution is -0.142. The number of nitrogens with zero attached hydrogens (tertiary/aromatic N) is 2. The number of hydrogen-bond donors (Lipinski definition) is 1. The average molecular weight is 271 g/mol. The summed E-state index contributed by atoms with van der Waals surface area (Å²) in [6, 6.07) is -0.402. The van der Waals surface area contributed by atoms with Crippen LogP contribution in [0.5, 0.6) is 0 Å². The number of amides is 2. The van der Waals surface area contributed by atoms with Crippen molar-refractivity contribution in [2.24, 2.45) is 5.73 Å². The Kier molecular flexibility index (Phi) is 6.80. The molecule has 1 fully saturated rings. The summed E-state index contributed by atoms with van der Waals surface area (Å²) in [5, 5.41) is 0. The fourth-order valence-electron chi connectivity index (χ4n) is 2.17. The van der Waals surface area contributed by atoms with Crippen molar-refractivity contribution in [3.8, 4) is 0 Å². The Morgan fingerprint density at radius 1 is 1.21 bits per heavy atom. The van der Waals surface area contributed by atoms with Gasteiger partial charge in [-0.3, -0.25) is 9.59 Å². The van der Waals surface area contributed by atoms with Gasteiger partial charge in [0, 0.05) is 33.3 Å². The minimum Gasteiger partial charge on any atom is -0.375 e. The van der Waals surface area contributed by atoms with E-state index >= 15 is 0 Å². The van der Waals surface area contributed by atoms with Gasteiger partial charge in [-0.2, -0.15) is 0 Å². The smallest absolute Gasteiger partial charge is 0.248 e. The summed E-state index contributed by atoms with van der Waals surface area (Å²) in [7, 11) is 1.50. The number of carbonyl (C=O) groups is 2. The second-order valence-corrected chi connectivity index (χ2v) is 4.89. The molecule has 0 aromatic carbocycles. The van der Waals surface area contributed by atoms with Gasteiger partial charge in [0.25, 0.3) is 0 Å². The highest BCUT2D eigenvalue weighted by Crippen LogP contribution is 2.07. The predicted molar refractivity (Wildman–Crippen MR) is 72.5 cm³/mol.